The van der Waals surface area contributed by atoms with Gasteiger partial charge in [0.1, 0.15) is 0 Å². The van der Waals surface area contributed by atoms with Crippen LogP contribution < -0.4 is 16.0 Å². The average Bonchev–Trinajstić information content (AvgIpc) is 2.48. The Bertz CT molecular complexity index is 644. The van der Waals surface area contributed by atoms with E-state index >= 15 is 0 Å². The fraction of sp³-hybridized carbons (Fsp3) is 0. The molecule has 0 aliphatic rings. The van der Waals surface area contributed by atoms with Crippen LogP contribution in [0.2, 0.25) is 0 Å². The Morgan fingerprint density at radius 2 is 1.38 bits per heavy atom. The summed E-state index contributed by atoms with van der Waals surface area (Å²) >= 11 is 4.92. The van der Waals surface area contributed by atoms with Gasteiger partial charge in [0.05, 0.1) is 0 Å². The van der Waals surface area contributed by atoms with Crippen LogP contribution in [-0.2, 0) is 0 Å². The Kier molecular flexibility index (Phi) is 5.00. The van der Waals surface area contributed by atoms with E-state index in [1.165, 1.54) is 0 Å². The summed E-state index contributed by atoms with van der Waals surface area (Å²) in [5, 5.41) is 7.35. The molecule has 0 saturated heterocycles. The molecule has 0 saturated carbocycles. The molecule has 106 valence electrons. The standard InChI is InChI=1S/C15H13N3O2S/c19-13(11-7-3-1-4-8-11)17-15(21)18-14(20)16-12-9-5-2-6-10-12/h1-10H,(H3,16,17,18,19,20,21). The minimum atomic E-state index is -0.514. The summed E-state index contributed by atoms with van der Waals surface area (Å²) in [6.45, 7) is 0. The maximum atomic E-state index is 11.8. The molecular formula is C15H13N3O2S. The molecule has 5 nitrogen and oxygen atoms in total. The minimum Gasteiger partial charge on any atom is -0.308 e. The van der Waals surface area contributed by atoms with E-state index in [0.717, 1.165) is 0 Å². The molecule has 3 N–H and O–H groups in total. The van der Waals surface area contributed by atoms with E-state index in [4.69, 9.17) is 12.2 Å². The molecule has 3 amide bonds. The molecule has 6 heteroatoms. The largest absolute Gasteiger partial charge is 0.325 e. The number of hydrogen-bond acceptors (Lipinski definition) is 3. The van der Waals surface area contributed by atoms with Gasteiger partial charge in [-0.1, -0.05) is 36.4 Å². The van der Waals surface area contributed by atoms with Crippen molar-refractivity contribution in [3.63, 3.8) is 0 Å². The summed E-state index contributed by atoms with van der Waals surface area (Å²) in [4.78, 5) is 23.5. The molecular weight excluding hydrogens is 286 g/mol. The lowest BCUT2D eigenvalue weighted by Crippen LogP contribution is -2.44. The van der Waals surface area contributed by atoms with Crippen LogP contribution in [-0.4, -0.2) is 17.1 Å². The van der Waals surface area contributed by atoms with Crippen LogP contribution in [0.1, 0.15) is 10.4 Å². The Balaban J connectivity index is 1.84. The van der Waals surface area contributed by atoms with Crippen molar-refractivity contribution in [2.45, 2.75) is 0 Å². The number of nitrogens with one attached hydrogen (secondary N) is 3. The Labute approximate surface area is 127 Å². The lowest BCUT2D eigenvalue weighted by molar-refractivity contribution is 0.0977. The molecule has 0 unspecified atom stereocenters. The van der Waals surface area contributed by atoms with E-state index in [-0.39, 0.29) is 11.0 Å². The van der Waals surface area contributed by atoms with E-state index in [0.29, 0.717) is 11.3 Å². The van der Waals surface area contributed by atoms with Gasteiger partial charge in [0, 0.05) is 11.3 Å². The number of urea groups is 1. The van der Waals surface area contributed by atoms with Crippen LogP contribution in [0, 0.1) is 0 Å². The number of amides is 3. The van der Waals surface area contributed by atoms with Crippen molar-refractivity contribution < 1.29 is 9.59 Å². The van der Waals surface area contributed by atoms with Crippen LogP contribution in [0.15, 0.2) is 60.7 Å². The van der Waals surface area contributed by atoms with Gasteiger partial charge in [-0.15, -0.1) is 0 Å². The van der Waals surface area contributed by atoms with Gasteiger partial charge in [-0.25, -0.2) is 4.79 Å². The third-order valence-electron chi connectivity index (χ3n) is 2.52. The smallest absolute Gasteiger partial charge is 0.308 e. The molecule has 0 spiro atoms. The zero-order chi connectivity index (χ0) is 15.1. The average molecular weight is 299 g/mol. The second-order valence-corrected chi connectivity index (χ2v) is 4.50. The number of hydrogen-bond donors (Lipinski definition) is 3. The second kappa shape index (κ2) is 7.16. The highest BCUT2D eigenvalue weighted by atomic mass is 32.1. The summed E-state index contributed by atoms with van der Waals surface area (Å²) < 4.78 is 0. The Morgan fingerprint density at radius 3 is 2.00 bits per heavy atom. The molecule has 0 heterocycles. The zero-order valence-electron chi connectivity index (χ0n) is 11.0. The molecule has 0 aliphatic heterocycles. The van der Waals surface area contributed by atoms with E-state index < -0.39 is 6.03 Å². The Morgan fingerprint density at radius 1 is 0.810 bits per heavy atom. The highest BCUT2D eigenvalue weighted by molar-refractivity contribution is 7.80. The minimum absolute atomic E-state index is 0.0581. The molecule has 2 aromatic carbocycles. The number of para-hydroxylation sites is 1. The Hall–Kier alpha value is -2.73. The van der Waals surface area contributed by atoms with E-state index in [9.17, 15) is 9.59 Å². The van der Waals surface area contributed by atoms with Gasteiger partial charge >= 0.3 is 6.03 Å². The van der Waals surface area contributed by atoms with Crippen molar-refractivity contribution >= 4 is 35.0 Å². The predicted molar refractivity (Wildman–Crippen MR) is 85.1 cm³/mol. The third-order valence-corrected chi connectivity index (χ3v) is 2.73. The second-order valence-electron chi connectivity index (χ2n) is 4.09. The molecule has 2 aromatic rings. The molecule has 0 fully saturated rings. The lowest BCUT2D eigenvalue weighted by Gasteiger charge is -2.09. The first-order valence-corrected chi connectivity index (χ1v) is 6.59. The van der Waals surface area contributed by atoms with Crippen LogP contribution >= 0.6 is 12.2 Å². The van der Waals surface area contributed by atoms with Gasteiger partial charge in [0.2, 0.25) is 0 Å². The van der Waals surface area contributed by atoms with Gasteiger partial charge in [-0.05, 0) is 36.5 Å². The van der Waals surface area contributed by atoms with Gasteiger partial charge in [-0.2, -0.15) is 0 Å². The molecule has 0 atom stereocenters. The number of rotatable bonds is 2. The monoisotopic (exact) mass is 299 g/mol. The maximum Gasteiger partial charge on any atom is 0.325 e. The first kappa shape index (κ1) is 14.7. The van der Waals surface area contributed by atoms with Crippen LogP contribution in [0.25, 0.3) is 0 Å². The van der Waals surface area contributed by atoms with Crippen molar-refractivity contribution in [3.05, 3.63) is 66.2 Å². The van der Waals surface area contributed by atoms with Gasteiger partial charge in [-0.3, -0.25) is 15.4 Å². The van der Waals surface area contributed by atoms with Crippen molar-refractivity contribution in [3.8, 4) is 0 Å². The third kappa shape index (κ3) is 4.70. The van der Waals surface area contributed by atoms with E-state index in [1.54, 1.807) is 54.6 Å². The summed E-state index contributed by atoms with van der Waals surface area (Å²) in [6, 6.07) is 17.0. The number of carbonyl (C=O) groups excluding carboxylic acids is 2. The number of carbonyl (C=O) groups is 2. The molecule has 2 rings (SSSR count). The number of anilines is 1. The van der Waals surface area contributed by atoms with Crippen molar-refractivity contribution in [2.24, 2.45) is 0 Å². The lowest BCUT2D eigenvalue weighted by atomic mass is 10.2. The SMILES string of the molecule is O=C(NC(=S)NC(=O)c1ccccc1)Nc1ccccc1. The summed E-state index contributed by atoms with van der Waals surface area (Å²) in [7, 11) is 0. The van der Waals surface area contributed by atoms with E-state index in [2.05, 4.69) is 16.0 Å². The van der Waals surface area contributed by atoms with Crippen molar-refractivity contribution in [1.29, 1.82) is 0 Å². The summed E-state index contributed by atoms with van der Waals surface area (Å²) in [5.74, 6) is -0.374. The number of benzene rings is 2. The van der Waals surface area contributed by atoms with Crippen LogP contribution in [0.4, 0.5) is 10.5 Å². The molecule has 0 bridgehead atoms. The fourth-order valence-corrected chi connectivity index (χ4v) is 1.77. The molecule has 0 radical (unpaired) electrons. The molecule has 0 aromatic heterocycles. The normalized spacial score (nSPS) is 9.52. The summed E-state index contributed by atoms with van der Waals surface area (Å²) in [5.41, 5.74) is 1.09. The molecule has 21 heavy (non-hydrogen) atoms. The van der Waals surface area contributed by atoms with Gasteiger partial charge in [0.15, 0.2) is 5.11 Å². The maximum absolute atomic E-state index is 11.8. The highest BCUT2D eigenvalue weighted by Gasteiger charge is 2.09. The van der Waals surface area contributed by atoms with E-state index in [1.807, 2.05) is 6.07 Å². The zero-order valence-corrected chi connectivity index (χ0v) is 11.8. The summed E-state index contributed by atoms with van der Waals surface area (Å²) in [6.07, 6.45) is 0. The van der Waals surface area contributed by atoms with Crippen molar-refractivity contribution in [1.82, 2.24) is 10.6 Å². The predicted octanol–water partition coefficient (Wildman–Crippen LogP) is 2.52. The van der Waals surface area contributed by atoms with Crippen LogP contribution in [0.3, 0.4) is 0 Å². The van der Waals surface area contributed by atoms with Gasteiger partial charge in [0.25, 0.3) is 5.91 Å². The van der Waals surface area contributed by atoms with Crippen LogP contribution in [0.5, 0.6) is 0 Å². The first-order chi connectivity index (χ1) is 10.1. The quantitative estimate of drug-likeness (QED) is 0.746. The topological polar surface area (TPSA) is 70.2 Å². The van der Waals surface area contributed by atoms with Crippen molar-refractivity contribution in [2.75, 3.05) is 5.32 Å². The number of thiocarbonyl (C=S) groups is 1. The fourth-order valence-electron chi connectivity index (χ4n) is 1.58. The highest BCUT2D eigenvalue weighted by Crippen LogP contribution is 2.04. The van der Waals surface area contributed by atoms with Gasteiger partial charge < -0.3 is 5.32 Å². The first-order valence-electron chi connectivity index (χ1n) is 6.18. The molecule has 0 aliphatic carbocycles.